The van der Waals surface area contributed by atoms with E-state index in [1.165, 1.54) is 33.3 Å². The molecule has 0 amide bonds. The van der Waals surface area contributed by atoms with Crippen LogP contribution in [-0.4, -0.2) is 4.57 Å². The van der Waals surface area contributed by atoms with Gasteiger partial charge in [-0.25, -0.2) is 4.57 Å². The van der Waals surface area contributed by atoms with Gasteiger partial charge >= 0.3 is 0 Å². The van der Waals surface area contributed by atoms with Gasteiger partial charge < -0.3 is 8.83 Å². The van der Waals surface area contributed by atoms with Crippen molar-refractivity contribution in [3.05, 3.63) is 132 Å². The normalized spacial score (nSPS) is 12.2. The van der Waals surface area contributed by atoms with Crippen LogP contribution in [0.1, 0.15) is 56.2 Å². The Balaban J connectivity index is 1.43. The molecule has 49 heavy (non-hydrogen) atoms. The lowest BCUT2D eigenvalue weighted by Gasteiger charge is -2.19. The summed E-state index contributed by atoms with van der Waals surface area (Å²) in [5, 5.41) is 4.58. The first-order chi connectivity index (χ1) is 23.8. The summed E-state index contributed by atoms with van der Waals surface area (Å²) in [5.74, 6) is 1.54. The van der Waals surface area contributed by atoms with Crippen LogP contribution in [0, 0.1) is 6.92 Å². The van der Waals surface area contributed by atoms with Gasteiger partial charge in [0.05, 0.1) is 7.05 Å². The molecule has 0 radical (unpaired) electrons. The number of hydrogen-bond acceptors (Lipinski definition) is 2. The molecule has 0 fully saturated rings. The van der Waals surface area contributed by atoms with E-state index in [1.54, 1.807) is 0 Å². The third-order valence-electron chi connectivity index (χ3n) is 10.3. The van der Waals surface area contributed by atoms with Gasteiger partial charge in [0.1, 0.15) is 28.0 Å². The van der Waals surface area contributed by atoms with Crippen LogP contribution < -0.4 is 4.57 Å². The highest BCUT2D eigenvalue weighted by Gasteiger charge is 2.35. The Morgan fingerprint density at radius 3 is 2.08 bits per heavy atom. The van der Waals surface area contributed by atoms with Crippen molar-refractivity contribution < 1.29 is 13.4 Å². The van der Waals surface area contributed by atoms with E-state index >= 15 is 0 Å². The SMILES string of the molecule is Cc1ccc2c(oc3ccccc32)c1-c1n(-c2c(C(C)C)cc3c(oc4cc(-c5ccccc5)ccc43)c2C(C)C)c2ccccc2[n+]1C. The fourth-order valence-corrected chi connectivity index (χ4v) is 7.97. The van der Waals surface area contributed by atoms with Crippen molar-refractivity contribution in [1.29, 1.82) is 0 Å². The summed E-state index contributed by atoms with van der Waals surface area (Å²) >= 11 is 0. The van der Waals surface area contributed by atoms with Crippen LogP contribution in [0.4, 0.5) is 0 Å². The molecule has 0 atom stereocenters. The van der Waals surface area contributed by atoms with Crippen LogP contribution in [0.3, 0.4) is 0 Å². The van der Waals surface area contributed by atoms with Crippen molar-refractivity contribution in [2.75, 3.05) is 0 Å². The van der Waals surface area contributed by atoms with E-state index in [4.69, 9.17) is 8.83 Å². The first kappa shape index (κ1) is 29.5. The maximum atomic E-state index is 6.96. The average molecular weight is 640 g/mol. The topological polar surface area (TPSA) is 35.1 Å². The van der Waals surface area contributed by atoms with Gasteiger partial charge in [-0.05, 0) is 71.8 Å². The Bertz CT molecular complexity index is 2740. The van der Waals surface area contributed by atoms with Gasteiger partial charge in [0, 0.05) is 32.7 Å². The second kappa shape index (κ2) is 11.0. The molecule has 240 valence electrons. The molecule has 3 aromatic heterocycles. The summed E-state index contributed by atoms with van der Waals surface area (Å²) in [5.41, 5.74) is 14.3. The number of aryl methyl sites for hydroxylation is 2. The highest BCUT2D eigenvalue weighted by atomic mass is 16.3. The maximum Gasteiger partial charge on any atom is 0.299 e. The maximum absolute atomic E-state index is 6.96. The molecule has 9 rings (SSSR count). The predicted octanol–water partition coefficient (Wildman–Crippen LogP) is 12.1. The molecule has 3 heterocycles. The molecule has 0 aliphatic heterocycles. The number of fused-ring (bicyclic) bond motifs is 7. The molecular formula is C45H39N2O2+. The zero-order valence-electron chi connectivity index (χ0n) is 28.8. The quantitative estimate of drug-likeness (QED) is 0.176. The Morgan fingerprint density at radius 1 is 0.592 bits per heavy atom. The zero-order chi connectivity index (χ0) is 33.6. The number of hydrogen-bond donors (Lipinski definition) is 0. The van der Waals surface area contributed by atoms with E-state index in [0.29, 0.717) is 0 Å². The molecular weight excluding hydrogens is 601 g/mol. The van der Waals surface area contributed by atoms with Crippen LogP contribution in [-0.2, 0) is 7.05 Å². The standard InChI is InChI=1S/C45H39N2O2/c1-26(2)34-25-35-32-23-21-30(29-14-8-7-9-15-29)24-39(32)49-44(35)40(27(3)4)42(34)47-37-18-12-11-17-36(37)46(6)45(47)41-28(5)20-22-33-31-16-10-13-19-38(31)48-43(33)41/h7-27H,1-6H3/q+1. The molecule has 6 aromatic carbocycles. The van der Waals surface area contributed by atoms with E-state index in [1.807, 2.05) is 6.07 Å². The minimum absolute atomic E-state index is 0.188. The molecule has 4 heteroatoms. The number of aromatic nitrogens is 2. The minimum atomic E-state index is 0.188. The molecule has 0 saturated heterocycles. The third-order valence-corrected chi connectivity index (χ3v) is 10.3. The lowest BCUT2D eigenvalue weighted by Crippen LogP contribution is -2.30. The van der Waals surface area contributed by atoms with Gasteiger partial charge in [0.2, 0.25) is 0 Å². The van der Waals surface area contributed by atoms with Crippen LogP contribution >= 0.6 is 0 Å². The first-order valence-electron chi connectivity index (χ1n) is 17.3. The fraction of sp³-hybridized carbons (Fsp3) is 0.178. The van der Waals surface area contributed by atoms with Crippen LogP contribution in [0.2, 0.25) is 0 Å². The van der Waals surface area contributed by atoms with Gasteiger partial charge in [-0.1, -0.05) is 107 Å². The average Bonchev–Trinajstić information content (AvgIpc) is 3.76. The highest BCUT2D eigenvalue weighted by molar-refractivity contribution is 6.11. The number of nitrogens with zero attached hydrogens (tertiary/aromatic N) is 2. The predicted molar refractivity (Wildman–Crippen MR) is 203 cm³/mol. The van der Waals surface area contributed by atoms with Crippen molar-refractivity contribution in [2.24, 2.45) is 7.05 Å². The van der Waals surface area contributed by atoms with E-state index in [0.717, 1.165) is 66.5 Å². The van der Waals surface area contributed by atoms with Gasteiger partial charge in [-0.15, -0.1) is 0 Å². The van der Waals surface area contributed by atoms with Crippen LogP contribution in [0.25, 0.3) is 83.1 Å². The summed E-state index contributed by atoms with van der Waals surface area (Å²) < 4.78 is 18.5. The van der Waals surface area contributed by atoms with Crippen molar-refractivity contribution in [3.8, 4) is 28.2 Å². The van der Waals surface area contributed by atoms with Crippen molar-refractivity contribution in [2.45, 2.75) is 46.5 Å². The number of para-hydroxylation sites is 3. The molecule has 0 aliphatic rings. The fourth-order valence-electron chi connectivity index (χ4n) is 7.97. The number of imidazole rings is 1. The molecule has 4 nitrogen and oxygen atoms in total. The minimum Gasteiger partial charge on any atom is -0.456 e. The molecule has 0 unspecified atom stereocenters. The Morgan fingerprint density at radius 2 is 1.29 bits per heavy atom. The van der Waals surface area contributed by atoms with Crippen LogP contribution in [0.5, 0.6) is 0 Å². The van der Waals surface area contributed by atoms with E-state index < -0.39 is 0 Å². The van der Waals surface area contributed by atoms with E-state index in [9.17, 15) is 0 Å². The van der Waals surface area contributed by atoms with Crippen LogP contribution in [0.15, 0.2) is 124 Å². The lowest BCUT2D eigenvalue weighted by molar-refractivity contribution is -0.633. The van der Waals surface area contributed by atoms with E-state index in [-0.39, 0.29) is 11.8 Å². The molecule has 0 saturated carbocycles. The van der Waals surface area contributed by atoms with Gasteiger partial charge in [0.15, 0.2) is 16.6 Å². The lowest BCUT2D eigenvalue weighted by atomic mass is 9.89. The summed E-state index contributed by atoms with van der Waals surface area (Å²) in [6, 6.07) is 41.1. The van der Waals surface area contributed by atoms with Gasteiger partial charge in [-0.3, -0.25) is 0 Å². The monoisotopic (exact) mass is 639 g/mol. The van der Waals surface area contributed by atoms with Gasteiger partial charge in [-0.2, -0.15) is 4.57 Å². The molecule has 0 aliphatic carbocycles. The smallest absolute Gasteiger partial charge is 0.299 e. The number of rotatable bonds is 5. The van der Waals surface area contributed by atoms with E-state index in [2.05, 4.69) is 160 Å². The summed E-state index contributed by atoms with van der Waals surface area (Å²) in [7, 11) is 2.18. The molecule has 0 bridgehead atoms. The molecule has 0 spiro atoms. The Hall–Kier alpha value is -5.61. The molecule has 9 aromatic rings. The van der Waals surface area contributed by atoms with Crippen molar-refractivity contribution in [1.82, 2.24) is 4.57 Å². The third kappa shape index (κ3) is 4.33. The molecule has 0 N–H and O–H groups in total. The van der Waals surface area contributed by atoms with Gasteiger partial charge in [0.25, 0.3) is 5.82 Å². The Labute approximate surface area is 285 Å². The second-order valence-corrected chi connectivity index (χ2v) is 14.0. The summed E-state index contributed by atoms with van der Waals surface area (Å²) in [6.07, 6.45) is 0. The number of benzene rings is 6. The van der Waals surface area contributed by atoms with Crippen molar-refractivity contribution >= 4 is 54.9 Å². The highest BCUT2D eigenvalue weighted by Crippen LogP contribution is 2.46. The summed E-state index contributed by atoms with van der Waals surface area (Å²) in [6.45, 7) is 11.4. The zero-order valence-corrected chi connectivity index (χ0v) is 28.8. The Kier molecular flexibility index (Phi) is 6.61. The second-order valence-electron chi connectivity index (χ2n) is 14.0. The number of furan rings is 2. The largest absolute Gasteiger partial charge is 0.456 e. The first-order valence-corrected chi connectivity index (χ1v) is 17.3. The van der Waals surface area contributed by atoms with Crippen molar-refractivity contribution in [3.63, 3.8) is 0 Å². The summed E-state index contributed by atoms with van der Waals surface area (Å²) in [4.78, 5) is 0.